The number of anilines is 1. The van der Waals surface area contributed by atoms with Gasteiger partial charge in [0.15, 0.2) is 0 Å². The third-order valence-corrected chi connectivity index (χ3v) is 5.55. The monoisotopic (exact) mass is 441 g/mol. The van der Waals surface area contributed by atoms with Crippen molar-refractivity contribution in [1.29, 1.82) is 0 Å². The van der Waals surface area contributed by atoms with Gasteiger partial charge in [0.1, 0.15) is 23.9 Å². The zero-order valence-electron chi connectivity index (χ0n) is 17.2. The lowest BCUT2D eigenvalue weighted by Gasteiger charge is -2.26. The summed E-state index contributed by atoms with van der Waals surface area (Å²) < 4.78 is 6.95. The van der Waals surface area contributed by atoms with Crippen LogP contribution in [0.5, 0.6) is 5.75 Å². The molecule has 0 spiro atoms. The van der Waals surface area contributed by atoms with Crippen LogP contribution < -0.4 is 26.1 Å². The van der Waals surface area contributed by atoms with Crippen molar-refractivity contribution in [1.82, 2.24) is 19.9 Å². The number of hydrogen-bond acceptors (Lipinski definition) is 6. The Morgan fingerprint density at radius 3 is 2.84 bits per heavy atom. The van der Waals surface area contributed by atoms with Crippen LogP contribution >= 0.6 is 11.6 Å². The van der Waals surface area contributed by atoms with E-state index < -0.39 is 0 Å². The van der Waals surface area contributed by atoms with E-state index in [1.165, 1.54) is 23.0 Å². The lowest BCUT2D eigenvalue weighted by Crippen LogP contribution is -2.38. The van der Waals surface area contributed by atoms with Crippen molar-refractivity contribution >= 4 is 17.4 Å². The number of likely N-dealkylation sites (N-methyl/N-ethyl adjacent to an activating group) is 1. The molecule has 0 unspecified atom stereocenters. The molecule has 0 radical (unpaired) electrons. The van der Waals surface area contributed by atoms with Crippen LogP contribution in [0, 0.1) is 0 Å². The van der Waals surface area contributed by atoms with Crippen LogP contribution in [-0.2, 0) is 6.61 Å². The fourth-order valence-electron chi connectivity index (χ4n) is 3.81. The predicted octanol–water partition coefficient (Wildman–Crippen LogP) is 2.34. The van der Waals surface area contributed by atoms with Gasteiger partial charge in [0.2, 0.25) is 0 Å². The Kier molecular flexibility index (Phi) is 6.39. The van der Waals surface area contributed by atoms with Crippen LogP contribution in [0.2, 0.25) is 5.02 Å². The summed E-state index contributed by atoms with van der Waals surface area (Å²) in [4.78, 5) is 34.6. The molecular weight excluding hydrogens is 418 g/mol. The standard InChI is InChI=1S/C22H24ClN5O3/c1-24-13-17-3-2-9-27(17)20-7-6-19(22(30)26-20)28-10-8-18(11-21(28)29)31-14-16-5-4-15(23)12-25-16/h4-8,10-12,17,24H,2-3,9,13-14H2,1H3,(H,26,30)/t17-/m1/s1. The van der Waals surface area contributed by atoms with Gasteiger partial charge >= 0.3 is 0 Å². The van der Waals surface area contributed by atoms with Crippen molar-refractivity contribution in [2.45, 2.75) is 25.5 Å². The van der Waals surface area contributed by atoms with E-state index >= 15 is 0 Å². The fraction of sp³-hybridized carbons (Fsp3) is 0.318. The molecule has 1 fully saturated rings. The molecule has 0 aliphatic carbocycles. The SMILES string of the molecule is CNC[C@H]1CCCN1c1ccc(-n2ccc(OCc3ccc(Cl)cn3)cc2=O)c(=O)[nH]1. The second-order valence-electron chi connectivity index (χ2n) is 7.43. The summed E-state index contributed by atoms with van der Waals surface area (Å²) in [6.07, 6.45) is 5.24. The number of hydrogen-bond donors (Lipinski definition) is 2. The number of halogens is 1. The van der Waals surface area contributed by atoms with E-state index in [-0.39, 0.29) is 23.4 Å². The lowest BCUT2D eigenvalue weighted by atomic mass is 10.2. The molecule has 9 heteroatoms. The molecule has 8 nitrogen and oxygen atoms in total. The smallest absolute Gasteiger partial charge is 0.273 e. The van der Waals surface area contributed by atoms with Crippen LogP contribution in [0.25, 0.3) is 5.69 Å². The molecule has 4 heterocycles. The van der Waals surface area contributed by atoms with Gasteiger partial charge < -0.3 is 19.9 Å². The lowest BCUT2D eigenvalue weighted by molar-refractivity contribution is 0.300. The highest BCUT2D eigenvalue weighted by molar-refractivity contribution is 6.30. The minimum absolute atomic E-state index is 0.208. The van der Waals surface area contributed by atoms with Crippen molar-refractivity contribution < 1.29 is 4.74 Å². The molecule has 0 bridgehead atoms. The summed E-state index contributed by atoms with van der Waals surface area (Å²) in [5, 5.41) is 3.74. The molecule has 1 saturated heterocycles. The van der Waals surface area contributed by atoms with E-state index in [2.05, 4.69) is 20.2 Å². The average Bonchev–Trinajstić information content (AvgIpc) is 3.22. The van der Waals surface area contributed by atoms with Crippen molar-refractivity contribution in [3.8, 4) is 11.4 Å². The molecule has 1 aliphatic heterocycles. The maximum Gasteiger partial charge on any atom is 0.273 e. The van der Waals surface area contributed by atoms with Gasteiger partial charge in [0, 0.05) is 37.6 Å². The number of aromatic amines is 1. The molecule has 0 aromatic carbocycles. The van der Waals surface area contributed by atoms with Gasteiger partial charge in [0.25, 0.3) is 11.1 Å². The average molecular weight is 442 g/mol. The highest BCUT2D eigenvalue weighted by Crippen LogP contribution is 2.23. The Balaban J connectivity index is 1.51. The van der Waals surface area contributed by atoms with E-state index in [1.807, 2.05) is 13.1 Å². The Hall–Kier alpha value is -3.10. The Labute approximate surface area is 184 Å². The van der Waals surface area contributed by atoms with Gasteiger partial charge in [-0.2, -0.15) is 0 Å². The van der Waals surface area contributed by atoms with Crippen molar-refractivity contribution in [2.75, 3.05) is 25.0 Å². The number of H-pyrrole nitrogens is 1. The van der Waals surface area contributed by atoms with Crippen molar-refractivity contribution in [3.63, 3.8) is 0 Å². The summed E-state index contributed by atoms with van der Waals surface area (Å²) in [5.74, 6) is 1.17. The second kappa shape index (κ2) is 9.36. The first kappa shape index (κ1) is 21.1. The first-order chi connectivity index (χ1) is 15.0. The van der Waals surface area contributed by atoms with E-state index in [0.717, 1.165) is 31.7 Å². The van der Waals surface area contributed by atoms with E-state index in [9.17, 15) is 9.59 Å². The van der Waals surface area contributed by atoms with Gasteiger partial charge in [-0.3, -0.25) is 19.1 Å². The van der Waals surface area contributed by atoms with Gasteiger partial charge in [-0.15, -0.1) is 0 Å². The molecule has 1 atom stereocenters. The van der Waals surface area contributed by atoms with Crippen molar-refractivity contribution in [3.05, 3.63) is 80.2 Å². The minimum atomic E-state index is -0.353. The Morgan fingerprint density at radius 2 is 2.13 bits per heavy atom. The normalized spacial score (nSPS) is 15.9. The van der Waals surface area contributed by atoms with Gasteiger partial charge in [-0.25, -0.2) is 0 Å². The molecular formula is C22H24ClN5O3. The molecule has 31 heavy (non-hydrogen) atoms. The molecule has 1 aliphatic rings. The summed E-state index contributed by atoms with van der Waals surface area (Å²) in [6, 6.07) is 10.4. The maximum atomic E-state index is 12.7. The third-order valence-electron chi connectivity index (χ3n) is 5.33. The molecule has 3 aromatic heterocycles. The first-order valence-electron chi connectivity index (χ1n) is 10.2. The molecule has 2 N–H and O–H groups in total. The molecule has 4 rings (SSSR count). The number of rotatable bonds is 7. The fourth-order valence-corrected chi connectivity index (χ4v) is 3.92. The predicted molar refractivity (Wildman–Crippen MR) is 121 cm³/mol. The zero-order valence-corrected chi connectivity index (χ0v) is 17.9. The van der Waals surface area contributed by atoms with Crippen LogP contribution in [0.15, 0.2) is 58.4 Å². The quantitative estimate of drug-likeness (QED) is 0.584. The maximum absolute atomic E-state index is 12.7. The molecule has 0 saturated carbocycles. The van der Waals surface area contributed by atoms with E-state index in [1.54, 1.807) is 24.3 Å². The van der Waals surface area contributed by atoms with E-state index in [4.69, 9.17) is 16.3 Å². The van der Waals surface area contributed by atoms with Crippen LogP contribution in [0.4, 0.5) is 5.82 Å². The van der Waals surface area contributed by atoms with Crippen LogP contribution in [0.3, 0.4) is 0 Å². The van der Waals surface area contributed by atoms with Crippen LogP contribution in [0.1, 0.15) is 18.5 Å². The Morgan fingerprint density at radius 1 is 1.26 bits per heavy atom. The highest BCUT2D eigenvalue weighted by atomic mass is 35.5. The Bertz CT molecular complexity index is 1160. The van der Waals surface area contributed by atoms with Crippen molar-refractivity contribution in [2.24, 2.45) is 0 Å². The minimum Gasteiger partial charge on any atom is -0.487 e. The molecule has 0 amide bonds. The number of pyridine rings is 3. The summed E-state index contributed by atoms with van der Waals surface area (Å²) in [6.45, 7) is 1.96. The highest BCUT2D eigenvalue weighted by Gasteiger charge is 2.25. The number of nitrogens with one attached hydrogen (secondary N) is 2. The summed E-state index contributed by atoms with van der Waals surface area (Å²) >= 11 is 5.82. The topological polar surface area (TPSA) is 92.2 Å². The summed E-state index contributed by atoms with van der Waals surface area (Å²) in [7, 11) is 1.92. The number of nitrogens with zero attached hydrogens (tertiary/aromatic N) is 3. The largest absolute Gasteiger partial charge is 0.487 e. The van der Waals surface area contributed by atoms with Gasteiger partial charge in [0.05, 0.1) is 10.7 Å². The van der Waals surface area contributed by atoms with Gasteiger partial charge in [-0.05, 0) is 50.2 Å². The van der Waals surface area contributed by atoms with Crippen LogP contribution in [-0.4, -0.2) is 40.7 Å². The molecule has 3 aromatic rings. The summed E-state index contributed by atoms with van der Waals surface area (Å²) in [5.41, 5.74) is 0.297. The second-order valence-corrected chi connectivity index (χ2v) is 7.87. The van der Waals surface area contributed by atoms with E-state index in [0.29, 0.717) is 22.5 Å². The zero-order chi connectivity index (χ0) is 21.8. The first-order valence-corrected chi connectivity index (χ1v) is 10.5. The number of ether oxygens (including phenoxy) is 1. The van der Waals surface area contributed by atoms with Gasteiger partial charge in [-0.1, -0.05) is 11.6 Å². The molecule has 162 valence electrons. The third kappa shape index (κ3) is 4.81. The number of aromatic nitrogens is 3.